The molecular weight excluding hydrogens is 112 g/mol. The van der Waals surface area contributed by atoms with E-state index in [1.165, 1.54) is 0 Å². The van der Waals surface area contributed by atoms with Crippen molar-refractivity contribution < 1.29 is 0 Å². The molecule has 0 aromatic carbocycles. The number of nitriles is 1. The molecule has 0 aromatic rings. The molecule has 1 fully saturated rings. The third-order valence-electron chi connectivity index (χ3n) is 2.07. The molecule has 2 heteroatoms. The lowest BCUT2D eigenvalue weighted by molar-refractivity contribution is 0.328. The van der Waals surface area contributed by atoms with Crippen LogP contribution in [-0.2, 0) is 0 Å². The van der Waals surface area contributed by atoms with Crippen LogP contribution in [0.3, 0.4) is 0 Å². The molecule has 1 unspecified atom stereocenters. The smallest absolute Gasteiger partial charge is 0.0669 e. The minimum Gasteiger partial charge on any atom is -0.302 e. The van der Waals surface area contributed by atoms with E-state index in [-0.39, 0.29) is 5.92 Å². The standard InChI is InChI=1S/C7H12N2/c1-6-3-7(4-8)5-9(6)2/h6-7H,3,5H2,1-2H3/t6?,7-/m1/s1. The van der Waals surface area contributed by atoms with Gasteiger partial charge in [0, 0.05) is 12.6 Å². The van der Waals surface area contributed by atoms with Gasteiger partial charge in [0.2, 0.25) is 0 Å². The van der Waals surface area contributed by atoms with Gasteiger partial charge >= 0.3 is 0 Å². The molecule has 0 saturated carbocycles. The Balaban J connectivity index is 2.46. The van der Waals surface area contributed by atoms with Crippen molar-refractivity contribution >= 4 is 0 Å². The van der Waals surface area contributed by atoms with Crippen molar-refractivity contribution in [3.05, 3.63) is 0 Å². The summed E-state index contributed by atoms with van der Waals surface area (Å²) in [6.45, 7) is 3.12. The molecule has 1 aliphatic heterocycles. The van der Waals surface area contributed by atoms with E-state index >= 15 is 0 Å². The van der Waals surface area contributed by atoms with E-state index in [9.17, 15) is 0 Å². The van der Waals surface area contributed by atoms with Crippen LogP contribution in [-0.4, -0.2) is 24.5 Å². The molecule has 1 saturated heterocycles. The highest BCUT2D eigenvalue weighted by Gasteiger charge is 2.25. The molecule has 0 amide bonds. The van der Waals surface area contributed by atoms with Crippen molar-refractivity contribution in [2.45, 2.75) is 19.4 Å². The molecule has 0 bridgehead atoms. The molecule has 0 radical (unpaired) electrons. The molecule has 0 aromatic heterocycles. The van der Waals surface area contributed by atoms with E-state index in [2.05, 4.69) is 24.9 Å². The monoisotopic (exact) mass is 124 g/mol. The zero-order valence-corrected chi connectivity index (χ0v) is 5.96. The summed E-state index contributed by atoms with van der Waals surface area (Å²) >= 11 is 0. The molecule has 0 N–H and O–H groups in total. The van der Waals surface area contributed by atoms with Crippen LogP contribution in [0, 0.1) is 17.2 Å². The lowest BCUT2D eigenvalue weighted by atomic mass is 10.1. The van der Waals surface area contributed by atoms with E-state index < -0.39 is 0 Å². The fourth-order valence-corrected chi connectivity index (χ4v) is 1.29. The molecular formula is C7H12N2. The number of nitrogens with zero attached hydrogens (tertiary/aromatic N) is 2. The van der Waals surface area contributed by atoms with Crippen LogP contribution in [0.25, 0.3) is 0 Å². The fraction of sp³-hybridized carbons (Fsp3) is 0.857. The van der Waals surface area contributed by atoms with Crippen LogP contribution in [0.5, 0.6) is 0 Å². The van der Waals surface area contributed by atoms with Gasteiger partial charge in [0.15, 0.2) is 0 Å². The second-order valence-corrected chi connectivity index (χ2v) is 2.85. The minimum absolute atomic E-state index is 0.282. The zero-order valence-electron chi connectivity index (χ0n) is 5.96. The van der Waals surface area contributed by atoms with Gasteiger partial charge < -0.3 is 4.90 Å². The van der Waals surface area contributed by atoms with Gasteiger partial charge in [-0.3, -0.25) is 0 Å². The van der Waals surface area contributed by atoms with E-state index in [0.717, 1.165) is 13.0 Å². The number of hydrogen-bond acceptors (Lipinski definition) is 2. The summed E-state index contributed by atoms with van der Waals surface area (Å²) in [6.07, 6.45) is 1.05. The van der Waals surface area contributed by atoms with Gasteiger partial charge in [-0.1, -0.05) is 0 Å². The summed E-state index contributed by atoms with van der Waals surface area (Å²) in [4.78, 5) is 2.23. The lowest BCUT2D eigenvalue weighted by Gasteiger charge is -2.11. The molecule has 1 heterocycles. The maximum atomic E-state index is 8.52. The zero-order chi connectivity index (χ0) is 6.85. The Kier molecular flexibility index (Phi) is 1.73. The van der Waals surface area contributed by atoms with E-state index in [1.54, 1.807) is 0 Å². The topological polar surface area (TPSA) is 27.0 Å². The number of hydrogen-bond donors (Lipinski definition) is 0. The Hall–Kier alpha value is -0.550. The molecule has 1 aliphatic rings. The Morgan fingerprint density at radius 2 is 2.33 bits per heavy atom. The normalized spacial score (nSPS) is 36.6. The van der Waals surface area contributed by atoms with Gasteiger partial charge in [0.1, 0.15) is 0 Å². The van der Waals surface area contributed by atoms with Gasteiger partial charge in [-0.2, -0.15) is 5.26 Å². The van der Waals surface area contributed by atoms with Crippen molar-refractivity contribution in [3.8, 4) is 6.07 Å². The van der Waals surface area contributed by atoms with Crippen molar-refractivity contribution in [1.82, 2.24) is 4.90 Å². The summed E-state index contributed by atoms with van der Waals surface area (Å²) in [5, 5.41) is 8.52. The first-order valence-corrected chi connectivity index (χ1v) is 3.34. The van der Waals surface area contributed by atoms with Crippen LogP contribution in [0.2, 0.25) is 0 Å². The van der Waals surface area contributed by atoms with E-state index in [0.29, 0.717) is 6.04 Å². The van der Waals surface area contributed by atoms with Crippen molar-refractivity contribution in [1.29, 1.82) is 5.26 Å². The predicted octanol–water partition coefficient (Wildman–Crippen LogP) is 0.850. The van der Waals surface area contributed by atoms with Gasteiger partial charge in [-0.25, -0.2) is 0 Å². The first-order valence-electron chi connectivity index (χ1n) is 3.34. The summed E-state index contributed by atoms with van der Waals surface area (Å²) < 4.78 is 0. The average molecular weight is 124 g/mol. The Morgan fingerprint density at radius 3 is 2.56 bits per heavy atom. The summed E-state index contributed by atoms with van der Waals surface area (Å²) in [6, 6.07) is 2.89. The van der Waals surface area contributed by atoms with Crippen LogP contribution >= 0.6 is 0 Å². The first kappa shape index (κ1) is 6.57. The van der Waals surface area contributed by atoms with Gasteiger partial charge in [-0.05, 0) is 20.4 Å². The maximum absolute atomic E-state index is 8.52. The molecule has 9 heavy (non-hydrogen) atoms. The largest absolute Gasteiger partial charge is 0.302 e. The lowest BCUT2D eigenvalue weighted by Crippen LogP contribution is -2.21. The van der Waals surface area contributed by atoms with Crippen molar-refractivity contribution in [3.63, 3.8) is 0 Å². The van der Waals surface area contributed by atoms with Crippen LogP contribution in [0.4, 0.5) is 0 Å². The number of likely N-dealkylation sites (tertiary alicyclic amines) is 1. The minimum atomic E-state index is 0.282. The van der Waals surface area contributed by atoms with Gasteiger partial charge in [0.05, 0.1) is 12.0 Å². The highest BCUT2D eigenvalue weighted by Crippen LogP contribution is 2.19. The second-order valence-electron chi connectivity index (χ2n) is 2.85. The highest BCUT2D eigenvalue weighted by atomic mass is 15.1. The third-order valence-corrected chi connectivity index (χ3v) is 2.07. The summed E-state index contributed by atoms with van der Waals surface area (Å²) in [7, 11) is 2.07. The summed E-state index contributed by atoms with van der Waals surface area (Å²) in [5.74, 6) is 0.282. The maximum Gasteiger partial charge on any atom is 0.0669 e. The molecule has 1 rings (SSSR count). The third kappa shape index (κ3) is 1.22. The van der Waals surface area contributed by atoms with Crippen LogP contribution in [0.15, 0.2) is 0 Å². The first-order chi connectivity index (χ1) is 4.24. The quantitative estimate of drug-likeness (QED) is 0.478. The van der Waals surface area contributed by atoms with E-state index in [1.807, 2.05) is 0 Å². The van der Waals surface area contributed by atoms with Crippen molar-refractivity contribution in [2.75, 3.05) is 13.6 Å². The van der Waals surface area contributed by atoms with E-state index in [4.69, 9.17) is 5.26 Å². The second kappa shape index (κ2) is 2.36. The Morgan fingerprint density at radius 1 is 1.67 bits per heavy atom. The number of rotatable bonds is 0. The highest BCUT2D eigenvalue weighted by molar-refractivity contribution is 4.92. The molecule has 50 valence electrons. The fourth-order valence-electron chi connectivity index (χ4n) is 1.29. The molecule has 2 nitrogen and oxygen atoms in total. The molecule has 0 aliphatic carbocycles. The molecule has 2 atom stereocenters. The van der Waals surface area contributed by atoms with Gasteiger partial charge in [0.25, 0.3) is 0 Å². The average Bonchev–Trinajstić information content (AvgIpc) is 2.13. The van der Waals surface area contributed by atoms with Crippen molar-refractivity contribution in [2.24, 2.45) is 5.92 Å². The van der Waals surface area contributed by atoms with Gasteiger partial charge in [-0.15, -0.1) is 0 Å². The summed E-state index contributed by atoms with van der Waals surface area (Å²) in [5.41, 5.74) is 0. The Labute approximate surface area is 56.1 Å². The SMILES string of the molecule is CC1C[C@H](C#N)CN1C. The Bertz CT molecular complexity index is 126. The predicted molar refractivity (Wildman–Crippen MR) is 35.8 cm³/mol. The van der Waals surface area contributed by atoms with Crippen LogP contribution < -0.4 is 0 Å². The van der Waals surface area contributed by atoms with Crippen LogP contribution in [0.1, 0.15) is 13.3 Å². The molecule has 0 spiro atoms.